The number of oxime groups is 1. The molecule has 1 aromatic rings. The molecule has 0 radical (unpaired) electrons. The fourth-order valence-electron chi connectivity index (χ4n) is 0.818. The Labute approximate surface area is 84.4 Å². The number of nitrogens with zero attached hydrogens (tertiary/aromatic N) is 1. The SMILES string of the molecule is C/C(=N\O)c1cc(S(=O)(=O)O)c(N)s1. The topological polar surface area (TPSA) is 113 Å². The van der Waals surface area contributed by atoms with Crippen LogP contribution in [0.3, 0.4) is 0 Å². The van der Waals surface area contributed by atoms with E-state index in [1.165, 1.54) is 6.92 Å². The number of nitrogen functional groups attached to an aromatic ring is 1. The molecule has 0 aliphatic heterocycles. The zero-order chi connectivity index (χ0) is 10.9. The first-order valence-corrected chi connectivity index (χ1v) is 5.67. The molecular weight excluding hydrogens is 228 g/mol. The fraction of sp³-hybridized carbons (Fsp3) is 0.167. The van der Waals surface area contributed by atoms with Gasteiger partial charge in [-0.3, -0.25) is 4.55 Å². The van der Waals surface area contributed by atoms with Gasteiger partial charge in [-0.1, -0.05) is 5.16 Å². The quantitative estimate of drug-likeness (QED) is 0.304. The van der Waals surface area contributed by atoms with Gasteiger partial charge in [0, 0.05) is 0 Å². The van der Waals surface area contributed by atoms with Gasteiger partial charge in [-0.05, 0) is 13.0 Å². The summed E-state index contributed by atoms with van der Waals surface area (Å²) < 4.78 is 30.2. The Hall–Kier alpha value is -1.12. The highest BCUT2D eigenvalue weighted by atomic mass is 32.2. The number of rotatable bonds is 2. The van der Waals surface area contributed by atoms with Crippen LogP contribution in [-0.4, -0.2) is 23.9 Å². The van der Waals surface area contributed by atoms with Crippen molar-refractivity contribution in [2.24, 2.45) is 5.16 Å². The van der Waals surface area contributed by atoms with Crippen molar-refractivity contribution in [3.63, 3.8) is 0 Å². The highest BCUT2D eigenvalue weighted by molar-refractivity contribution is 7.86. The molecule has 0 spiro atoms. The van der Waals surface area contributed by atoms with Gasteiger partial charge in [0.2, 0.25) is 0 Å². The molecule has 0 atom stereocenters. The highest BCUT2D eigenvalue weighted by Crippen LogP contribution is 2.29. The monoisotopic (exact) mass is 236 g/mol. The summed E-state index contributed by atoms with van der Waals surface area (Å²) in [7, 11) is -4.31. The molecule has 1 heterocycles. The predicted molar refractivity (Wildman–Crippen MR) is 52.5 cm³/mol. The Bertz CT molecular complexity index is 474. The second-order valence-electron chi connectivity index (χ2n) is 2.50. The Kier molecular flexibility index (Phi) is 2.79. The third-order valence-electron chi connectivity index (χ3n) is 1.51. The van der Waals surface area contributed by atoms with Gasteiger partial charge in [0.15, 0.2) is 0 Å². The van der Waals surface area contributed by atoms with E-state index >= 15 is 0 Å². The van der Waals surface area contributed by atoms with E-state index in [2.05, 4.69) is 5.16 Å². The molecule has 0 unspecified atom stereocenters. The van der Waals surface area contributed by atoms with Crippen molar-refractivity contribution >= 4 is 32.2 Å². The molecule has 0 aliphatic rings. The molecule has 0 bridgehead atoms. The van der Waals surface area contributed by atoms with Crippen LogP contribution in [0.1, 0.15) is 11.8 Å². The van der Waals surface area contributed by atoms with Crippen molar-refractivity contribution in [1.82, 2.24) is 0 Å². The van der Waals surface area contributed by atoms with Gasteiger partial charge in [-0.15, -0.1) is 11.3 Å². The van der Waals surface area contributed by atoms with Crippen LogP contribution in [0.2, 0.25) is 0 Å². The minimum absolute atomic E-state index is 0.0366. The summed E-state index contributed by atoms with van der Waals surface area (Å²) in [4.78, 5) is 0.0260. The zero-order valence-electron chi connectivity index (χ0n) is 7.13. The van der Waals surface area contributed by atoms with Crippen molar-refractivity contribution in [2.75, 3.05) is 5.73 Å². The van der Waals surface area contributed by atoms with Gasteiger partial charge >= 0.3 is 0 Å². The normalized spacial score (nSPS) is 13.1. The molecular formula is C6H8N2O4S2. The van der Waals surface area contributed by atoms with Crippen molar-refractivity contribution in [1.29, 1.82) is 0 Å². The van der Waals surface area contributed by atoms with E-state index in [-0.39, 0.29) is 15.6 Å². The maximum absolute atomic E-state index is 10.8. The molecule has 0 saturated carbocycles. The predicted octanol–water partition coefficient (Wildman–Crippen LogP) is 0.775. The van der Waals surface area contributed by atoms with Crippen LogP contribution < -0.4 is 5.73 Å². The molecule has 14 heavy (non-hydrogen) atoms. The van der Waals surface area contributed by atoms with Crippen molar-refractivity contribution in [2.45, 2.75) is 11.8 Å². The van der Waals surface area contributed by atoms with E-state index in [9.17, 15) is 8.42 Å². The summed E-state index contributed by atoms with van der Waals surface area (Å²) in [5, 5.41) is 11.3. The number of hydrogen-bond donors (Lipinski definition) is 3. The minimum atomic E-state index is -4.31. The number of nitrogens with two attached hydrogens (primary N) is 1. The zero-order valence-corrected chi connectivity index (χ0v) is 8.76. The first kappa shape index (κ1) is 11.0. The molecule has 4 N–H and O–H groups in total. The summed E-state index contributed by atoms with van der Waals surface area (Å²) >= 11 is 0.922. The van der Waals surface area contributed by atoms with E-state index in [1.807, 2.05) is 0 Å². The molecule has 0 fully saturated rings. The Morgan fingerprint density at radius 2 is 2.21 bits per heavy atom. The van der Waals surface area contributed by atoms with Gasteiger partial charge in [-0.25, -0.2) is 0 Å². The number of thiophene rings is 1. The van der Waals surface area contributed by atoms with Gasteiger partial charge in [0.1, 0.15) is 9.90 Å². The minimum Gasteiger partial charge on any atom is -0.411 e. The lowest BCUT2D eigenvalue weighted by Gasteiger charge is -1.91. The summed E-state index contributed by atoms with van der Waals surface area (Å²) in [6.45, 7) is 1.49. The first-order valence-electron chi connectivity index (χ1n) is 3.42. The van der Waals surface area contributed by atoms with E-state index in [0.717, 1.165) is 17.4 Å². The van der Waals surface area contributed by atoms with Crippen molar-refractivity contribution in [3.8, 4) is 0 Å². The molecule has 78 valence electrons. The molecule has 0 aromatic carbocycles. The smallest absolute Gasteiger partial charge is 0.297 e. The molecule has 8 heteroatoms. The van der Waals surface area contributed by atoms with Gasteiger partial charge < -0.3 is 10.9 Å². The first-order chi connectivity index (χ1) is 6.36. The summed E-state index contributed by atoms with van der Waals surface area (Å²) in [6, 6.07) is 1.16. The van der Waals surface area contributed by atoms with Gasteiger partial charge in [0.25, 0.3) is 10.1 Å². The standard InChI is InChI=1S/C6H8N2O4S2/c1-3(8-9)4-2-5(6(7)13-4)14(10,11)12/h2,9H,7H2,1H3,(H,10,11,12)/b8-3+. The lowest BCUT2D eigenvalue weighted by atomic mass is 10.3. The summed E-state index contributed by atoms with van der Waals surface area (Å²) in [5.74, 6) is 0. The van der Waals surface area contributed by atoms with Gasteiger partial charge in [0.05, 0.1) is 10.6 Å². The fourth-order valence-corrected chi connectivity index (χ4v) is 2.62. The Balaban J connectivity index is 3.33. The third-order valence-corrected chi connectivity index (χ3v) is 3.61. The molecule has 6 nitrogen and oxygen atoms in total. The van der Waals surface area contributed by atoms with E-state index < -0.39 is 10.1 Å². The maximum Gasteiger partial charge on any atom is 0.297 e. The van der Waals surface area contributed by atoms with Crippen LogP contribution in [0.4, 0.5) is 5.00 Å². The lowest BCUT2D eigenvalue weighted by molar-refractivity contribution is 0.319. The number of hydrogen-bond acceptors (Lipinski definition) is 6. The van der Waals surface area contributed by atoms with Crippen LogP contribution in [-0.2, 0) is 10.1 Å². The van der Waals surface area contributed by atoms with E-state index in [1.54, 1.807) is 0 Å². The average molecular weight is 236 g/mol. The molecule has 0 amide bonds. The van der Waals surface area contributed by atoms with Crippen molar-refractivity contribution < 1.29 is 18.2 Å². The second kappa shape index (κ2) is 3.56. The Morgan fingerprint density at radius 1 is 1.64 bits per heavy atom. The van der Waals surface area contributed by atoms with E-state index in [0.29, 0.717) is 4.88 Å². The number of anilines is 1. The van der Waals surface area contributed by atoms with Crippen molar-refractivity contribution in [3.05, 3.63) is 10.9 Å². The molecule has 0 saturated heterocycles. The van der Waals surface area contributed by atoms with Crippen LogP contribution in [0.15, 0.2) is 16.1 Å². The van der Waals surface area contributed by atoms with Crippen LogP contribution in [0.25, 0.3) is 0 Å². The van der Waals surface area contributed by atoms with Crippen LogP contribution >= 0.6 is 11.3 Å². The average Bonchev–Trinajstić information content (AvgIpc) is 2.45. The highest BCUT2D eigenvalue weighted by Gasteiger charge is 2.18. The largest absolute Gasteiger partial charge is 0.411 e. The second-order valence-corrected chi connectivity index (χ2v) is 4.97. The molecule has 1 rings (SSSR count). The molecule has 1 aromatic heterocycles. The third kappa shape index (κ3) is 2.03. The maximum atomic E-state index is 10.8. The Morgan fingerprint density at radius 3 is 2.57 bits per heavy atom. The van der Waals surface area contributed by atoms with Gasteiger partial charge in [-0.2, -0.15) is 8.42 Å². The lowest BCUT2D eigenvalue weighted by Crippen LogP contribution is -1.99. The summed E-state index contributed by atoms with van der Waals surface area (Å²) in [6.07, 6.45) is 0. The summed E-state index contributed by atoms with van der Waals surface area (Å²) in [5.41, 5.74) is 5.60. The van der Waals surface area contributed by atoms with E-state index in [4.69, 9.17) is 15.5 Å². The van der Waals surface area contributed by atoms with Crippen LogP contribution in [0.5, 0.6) is 0 Å². The molecule has 0 aliphatic carbocycles. The van der Waals surface area contributed by atoms with Crippen LogP contribution in [0, 0.1) is 0 Å².